The molecule has 0 aromatic carbocycles. The second-order valence-electron chi connectivity index (χ2n) is 25.7. The lowest BCUT2D eigenvalue weighted by Crippen LogP contribution is -2.88. The molecule has 8 heterocycles. The molecule has 8 fully saturated rings. The molecule has 8 aliphatic heterocycles. The largest absolute Gasteiger partial charge is 0.518 e. The van der Waals surface area contributed by atoms with E-state index in [1.165, 1.54) is 0 Å². The van der Waals surface area contributed by atoms with E-state index >= 15 is 4.79 Å². The summed E-state index contributed by atoms with van der Waals surface area (Å²) in [5.74, 6) is -5.69. The summed E-state index contributed by atoms with van der Waals surface area (Å²) in [4.78, 5) is 70.8. The lowest BCUT2D eigenvalue weighted by Gasteiger charge is -2.62. The third kappa shape index (κ3) is 13.4. The van der Waals surface area contributed by atoms with Crippen LogP contribution in [-0.2, 0) is 96.4 Å². The van der Waals surface area contributed by atoms with Crippen LogP contribution in [0.4, 0.5) is 0 Å². The summed E-state index contributed by atoms with van der Waals surface area (Å²) in [5, 5.41) is 0. The minimum Gasteiger partial charge on any atom is -0.465 e. The van der Waals surface area contributed by atoms with E-state index in [0.29, 0.717) is 18.1 Å². The fraction of sp³-hybridized carbons (Fsp3) is 0.889. The fourth-order valence-corrected chi connectivity index (χ4v) is 70.6. The van der Waals surface area contributed by atoms with Gasteiger partial charge in [0.25, 0.3) is 0 Å². The van der Waals surface area contributed by atoms with Crippen molar-refractivity contribution in [3.8, 4) is 0 Å². The highest BCUT2D eigenvalue weighted by molar-refractivity contribution is 7.03. The van der Waals surface area contributed by atoms with Gasteiger partial charge < -0.3 is 72.4 Å². The van der Waals surface area contributed by atoms with Crippen LogP contribution in [0, 0.1) is 34.0 Å². The summed E-state index contributed by atoms with van der Waals surface area (Å²) in [6, 6.07) is 2.95. The van der Waals surface area contributed by atoms with Crippen molar-refractivity contribution in [2.75, 3.05) is 12.8 Å². The molecule has 0 radical (unpaired) electrons. The topological polar surface area (TPSA) is 242 Å². The van der Waals surface area contributed by atoms with E-state index < -0.39 is 151 Å². The van der Waals surface area contributed by atoms with Crippen LogP contribution in [0.15, 0.2) is 0 Å². The van der Waals surface area contributed by atoms with Crippen molar-refractivity contribution in [3.63, 3.8) is 0 Å². The maximum absolute atomic E-state index is 15.1. The highest BCUT2D eigenvalue weighted by Gasteiger charge is 2.82. The molecule has 32 heteroatoms. The zero-order chi connectivity index (χ0) is 57.5. The van der Waals surface area contributed by atoms with E-state index in [4.69, 9.17) is 72.4 Å². The molecule has 3 atom stereocenters. The molecule has 8 bridgehead atoms. The fourth-order valence-electron chi connectivity index (χ4n) is 11.8. The third-order valence-corrected chi connectivity index (χ3v) is 58.9. The summed E-state index contributed by atoms with van der Waals surface area (Å²) < 4.78 is 117. The average molecular weight is 1260 g/mol. The Kier molecular flexibility index (Phi) is 18.0. The number of hydrogen-bond donors (Lipinski definition) is 0. The minimum absolute atomic E-state index is 0.0109. The SMILES string of the molecule is CC[Si]12O[Si]3(CC)O[Si]4(CC)O[Si](CC)(O1)O[Si]1(CC)O[Si](CC)(O2)O[Si](CC)(O3)O[Si](COC(=O)C(C)(C)CC(C)(CC2C(=O)OC(=O)C2CC(C)(C)COC(=O)C2C[Si](C)(C)O[Si](C)(C)C2)C(=O)OC(C)(C)C)(O4)O1. The molecular weight excluding hydrogens is 1170 g/mol. The zero-order valence-corrected chi connectivity index (χ0v) is 59.1. The van der Waals surface area contributed by atoms with Gasteiger partial charge in [-0.2, -0.15) is 0 Å². The van der Waals surface area contributed by atoms with Crippen LogP contribution >= 0.6 is 0 Å². The minimum atomic E-state index is -4.59. The first-order chi connectivity index (χ1) is 35.3. The molecule has 0 aliphatic carbocycles. The quantitative estimate of drug-likeness (QED) is 0.0480. The molecule has 22 nitrogen and oxygen atoms in total. The highest BCUT2D eigenvalue weighted by Crippen LogP contribution is 2.54. The van der Waals surface area contributed by atoms with Crippen LogP contribution in [0.1, 0.15) is 123 Å². The number of cyclic esters (lactones) is 2. The maximum Gasteiger partial charge on any atom is 0.518 e. The van der Waals surface area contributed by atoms with Crippen LogP contribution in [0.3, 0.4) is 0 Å². The normalized spacial score (nSPS) is 38.6. The van der Waals surface area contributed by atoms with Crippen LogP contribution in [0.5, 0.6) is 0 Å². The first-order valence-electron chi connectivity index (χ1n) is 27.7. The van der Waals surface area contributed by atoms with E-state index in [9.17, 15) is 19.2 Å². The molecule has 0 aromatic heterocycles. The smallest absolute Gasteiger partial charge is 0.465 e. The van der Waals surface area contributed by atoms with E-state index in [1.807, 2.05) is 62.3 Å². The van der Waals surface area contributed by atoms with Crippen LogP contribution < -0.4 is 0 Å². The van der Waals surface area contributed by atoms with E-state index in [-0.39, 0.29) is 74.0 Å². The Balaban J connectivity index is 1.19. The summed E-state index contributed by atoms with van der Waals surface area (Å²) >= 11 is 0. The predicted molar refractivity (Wildman–Crippen MR) is 297 cm³/mol. The van der Waals surface area contributed by atoms with Crippen molar-refractivity contribution in [1.82, 2.24) is 0 Å². The predicted octanol–water partition coefficient (Wildman–Crippen LogP) is 8.47. The Hall–Kier alpha value is -0.801. The third-order valence-electron chi connectivity index (χ3n) is 15.1. The molecule has 8 aliphatic rings. The van der Waals surface area contributed by atoms with Crippen LogP contribution in [0.2, 0.25) is 80.6 Å². The zero-order valence-electron chi connectivity index (χ0n) is 49.1. The van der Waals surface area contributed by atoms with Crippen LogP contribution in [0.25, 0.3) is 0 Å². The first-order valence-corrected chi connectivity index (χ1v) is 49.4. The van der Waals surface area contributed by atoms with Gasteiger partial charge in [-0.3, -0.25) is 24.0 Å². The molecule has 0 N–H and O–H groups in total. The summed E-state index contributed by atoms with van der Waals surface area (Å²) in [6.07, 6.45) is -0.928. The molecule has 77 heavy (non-hydrogen) atoms. The van der Waals surface area contributed by atoms with Crippen molar-refractivity contribution in [2.45, 2.75) is 209 Å². The molecule has 0 saturated carbocycles. The highest BCUT2D eigenvalue weighted by atomic mass is 28.6. The monoisotopic (exact) mass is 1260 g/mol. The second kappa shape index (κ2) is 21.7. The summed E-state index contributed by atoms with van der Waals surface area (Å²) in [5.41, 5.74) is -4.85. The Labute approximate surface area is 467 Å². The molecule has 440 valence electrons. The van der Waals surface area contributed by atoms with Crippen molar-refractivity contribution in [2.24, 2.45) is 34.0 Å². The van der Waals surface area contributed by atoms with Crippen LogP contribution in [-0.4, -0.2) is 135 Å². The van der Waals surface area contributed by atoms with Gasteiger partial charge in [0, 0.05) is 42.3 Å². The maximum atomic E-state index is 15.1. The van der Waals surface area contributed by atoms with Gasteiger partial charge in [0.1, 0.15) is 5.60 Å². The lowest BCUT2D eigenvalue weighted by molar-refractivity contribution is -0.173. The number of carbonyl (C=O) groups excluding carboxylic acids is 5. The number of hydrogen-bond acceptors (Lipinski definition) is 22. The lowest BCUT2D eigenvalue weighted by atomic mass is 9.66. The van der Waals surface area contributed by atoms with Gasteiger partial charge >= 0.3 is 100 Å². The molecule has 0 aromatic rings. The summed E-state index contributed by atoms with van der Waals surface area (Å²) in [7, 11) is -36.8. The first kappa shape index (κ1) is 63.8. The van der Waals surface area contributed by atoms with Crippen molar-refractivity contribution >= 4 is 117 Å². The van der Waals surface area contributed by atoms with Gasteiger partial charge in [-0.15, -0.1) is 0 Å². The Morgan fingerprint density at radius 2 is 0.818 bits per heavy atom. The molecular formula is C45H88O22Si10. The number of carbonyl (C=O) groups is 5. The Bertz CT molecular complexity index is 2150. The second-order valence-corrected chi connectivity index (χ2v) is 60.4. The van der Waals surface area contributed by atoms with E-state index in [1.54, 1.807) is 41.5 Å². The number of ether oxygens (including phenoxy) is 4. The molecule has 8 saturated heterocycles. The average Bonchev–Trinajstić information content (AvgIpc) is 3.53. The Morgan fingerprint density at radius 1 is 0.481 bits per heavy atom. The van der Waals surface area contributed by atoms with Gasteiger partial charge in [0.05, 0.1) is 35.2 Å². The van der Waals surface area contributed by atoms with Gasteiger partial charge in [0.15, 0.2) is 22.9 Å². The number of esters is 5. The van der Waals surface area contributed by atoms with Gasteiger partial charge in [-0.1, -0.05) is 62.3 Å². The van der Waals surface area contributed by atoms with E-state index in [0.717, 1.165) is 0 Å². The van der Waals surface area contributed by atoms with Crippen molar-refractivity contribution in [1.29, 1.82) is 0 Å². The van der Waals surface area contributed by atoms with Crippen molar-refractivity contribution < 1.29 is 96.4 Å². The molecule has 8 rings (SSSR count). The summed E-state index contributed by atoms with van der Waals surface area (Å²) in [6.45, 7) is 35.4. The molecule has 0 amide bonds. The van der Waals surface area contributed by atoms with Gasteiger partial charge in [-0.25, -0.2) is 0 Å². The molecule has 3 unspecified atom stereocenters. The Morgan fingerprint density at radius 3 is 1.16 bits per heavy atom. The van der Waals surface area contributed by atoms with Gasteiger partial charge in [-0.05, 0) is 104 Å². The van der Waals surface area contributed by atoms with Gasteiger partial charge in [0.2, 0.25) is 0 Å². The number of rotatable bonds is 20. The standard InChI is InChI=1S/C45H88O22Si10/c1-20-70-56-71(21-2)59-74(24-5)61-72(22-3,57-70)63-76(26-7)64-73(23-4,58-70)62-75(25-6,60-71)66-77(65-74,67-76)33-52-40(49)44(13,14)31-45(15,41(50)54-42(8,9)10)28-36-35(38(47)53-39(36)48)27-43(11,12)32-51-37(46)34-29-68(16,17)55-69(18,19)30-34/h34-36H,20-33H2,1-19H3. The van der Waals surface area contributed by atoms with Crippen molar-refractivity contribution in [3.05, 3.63) is 0 Å². The molecule has 0 spiro atoms. The van der Waals surface area contributed by atoms with E-state index in [2.05, 4.69) is 26.2 Å².